The van der Waals surface area contributed by atoms with Gasteiger partial charge in [-0.2, -0.15) is 0 Å². The Kier molecular flexibility index (Phi) is 5.45. The molecular formula is C17H31N5. The van der Waals surface area contributed by atoms with Crippen LogP contribution in [-0.2, 0) is 0 Å². The van der Waals surface area contributed by atoms with Crippen molar-refractivity contribution in [2.45, 2.75) is 83.7 Å². The molecule has 1 aliphatic carbocycles. The Bertz CT molecular complexity index is 442. The third kappa shape index (κ3) is 3.50. The van der Waals surface area contributed by atoms with Crippen LogP contribution in [0.5, 0.6) is 0 Å². The molecule has 2 aliphatic rings. The summed E-state index contributed by atoms with van der Waals surface area (Å²) in [6.07, 6.45) is 11.9. The SMILES string of the molecule is CC(C)[C@H](c1nnnn1C1CCCCC1)N1CCCCCC1. The van der Waals surface area contributed by atoms with E-state index in [4.69, 9.17) is 0 Å². The van der Waals surface area contributed by atoms with Gasteiger partial charge in [0.15, 0.2) is 5.82 Å². The van der Waals surface area contributed by atoms with Crippen LogP contribution in [0.25, 0.3) is 0 Å². The van der Waals surface area contributed by atoms with Crippen LogP contribution in [0.1, 0.15) is 89.5 Å². The standard InChI is InChI=1S/C17H31N5/c1-14(2)16(21-12-8-3-4-9-13-21)17-18-19-20-22(17)15-10-6-5-7-11-15/h14-16H,3-13H2,1-2H3/t16-/m1/s1. The van der Waals surface area contributed by atoms with Gasteiger partial charge in [0.05, 0.1) is 12.1 Å². The number of likely N-dealkylation sites (tertiary alicyclic amines) is 1. The summed E-state index contributed by atoms with van der Waals surface area (Å²) in [5.74, 6) is 1.66. The minimum Gasteiger partial charge on any atom is -0.293 e. The number of tetrazole rings is 1. The summed E-state index contributed by atoms with van der Waals surface area (Å²) in [7, 11) is 0. The van der Waals surface area contributed by atoms with Gasteiger partial charge < -0.3 is 0 Å². The van der Waals surface area contributed by atoms with Gasteiger partial charge in [0.25, 0.3) is 0 Å². The molecule has 3 rings (SSSR count). The lowest BCUT2D eigenvalue weighted by Crippen LogP contribution is -2.35. The lowest BCUT2D eigenvalue weighted by molar-refractivity contribution is 0.143. The maximum absolute atomic E-state index is 4.48. The van der Waals surface area contributed by atoms with E-state index in [0.29, 0.717) is 18.0 Å². The van der Waals surface area contributed by atoms with Crippen molar-refractivity contribution in [1.29, 1.82) is 0 Å². The van der Waals surface area contributed by atoms with Gasteiger partial charge in [-0.1, -0.05) is 46.0 Å². The van der Waals surface area contributed by atoms with Crippen molar-refractivity contribution < 1.29 is 0 Å². The molecule has 1 atom stereocenters. The summed E-state index contributed by atoms with van der Waals surface area (Å²) in [6.45, 7) is 7.02. The lowest BCUT2D eigenvalue weighted by atomic mass is 9.94. The van der Waals surface area contributed by atoms with Crippen LogP contribution in [0.3, 0.4) is 0 Å². The van der Waals surface area contributed by atoms with E-state index >= 15 is 0 Å². The highest BCUT2D eigenvalue weighted by molar-refractivity contribution is 4.98. The van der Waals surface area contributed by atoms with E-state index in [1.807, 2.05) is 0 Å². The van der Waals surface area contributed by atoms with Crippen LogP contribution in [0.15, 0.2) is 0 Å². The van der Waals surface area contributed by atoms with E-state index in [0.717, 1.165) is 5.82 Å². The second kappa shape index (κ2) is 7.53. The molecular weight excluding hydrogens is 274 g/mol. The van der Waals surface area contributed by atoms with Crippen molar-refractivity contribution in [2.24, 2.45) is 5.92 Å². The van der Waals surface area contributed by atoms with Gasteiger partial charge in [-0.15, -0.1) is 5.10 Å². The van der Waals surface area contributed by atoms with Crippen LogP contribution in [0.4, 0.5) is 0 Å². The van der Waals surface area contributed by atoms with Crippen LogP contribution < -0.4 is 0 Å². The minimum atomic E-state index is 0.370. The number of hydrogen-bond donors (Lipinski definition) is 0. The molecule has 0 unspecified atom stereocenters. The molecule has 22 heavy (non-hydrogen) atoms. The van der Waals surface area contributed by atoms with Gasteiger partial charge in [0.1, 0.15) is 0 Å². The zero-order chi connectivity index (χ0) is 15.4. The second-order valence-electron chi connectivity index (χ2n) is 7.41. The van der Waals surface area contributed by atoms with Gasteiger partial charge >= 0.3 is 0 Å². The molecule has 1 aliphatic heterocycles. The summed E-state index contributed by atoms with van der Waals surface area (Å²) >= 11 is 0. The van der Waals surface area contributed by atoms with E-state index in [1.165, 1.54) is 70.9 Å². The van der Waals surface area contributed by atoms with Gasteiger partial charge in [-0.05, 0) is 55.1 Å². The Labute approximate surface area is 134 Å². The third-order valence-electron chi connectivity index (χ3n) is 5.37. The smallest absolute Gasteiger partial charge is 0.168 e. The van der Waals surface area contributed by atoms with E-state index < -0.39 is 0 Å². The highest BCUT2D eigenvalue weighted by Crippen LogP contribution is 2.34. The van der Waals surface area contributed by atoms with Crippen LogP contribution in [0, 0.1) is 5.92 Å². The van der Waals surface area contributed by atoms with Crippen LogP contribution in [-0.4, -0.2) is 38.2 Å². The van der Waals surface area contributed by atoms with Gasteiger partial charge in [0.2, 0.25) is 0 Å². The van der Waals surface area contributed by atoms with Crippen molar-refractivity contribution in [3.05, 3.63) is 5.82 Å². The van der Waals surface area contributed by atoms with Crippen LogP contribution >= 0.6 is 0 Å². The predicted molar refractivity (Wildman–Crippen MR) is 87.6 cm³/mol. The van der Waals surface area contributed by atoms with Crippen LogP contribution in [0.2, 0.25) is 0 Å². The van der Waals surface area contributed by atoms with Crippen molar-refractivity contribution >= 4 is 0 Å². The summed E-state index contributed by atoms with van der Waals surface area (Å²) < 4.78 is 2.18. The largest absolute Gasteiger partial charge is 0.293 e. The third-order valence-corrected chi connectivity index (χ3v) is 5.37. The molecule has 1 aromatic heterocycles. The molecule has 0 radical (unpaired) electrons. The molecule has 124 valence electrons. The lowest BCUT2D eigenvalue weighted by Gasteiger charge is -2.34. The fourth-order valence-electron chi connectivity index (χ4n) is 4.24. The zero-order valence-corrected chi connectivity index (χ0v) is 14.2. The first kappa shape index (κ1) is 15.9. The average molecular weight is 305 g/mol. The molecule has 5 heteroatoms. The zero-order valence-electron chi connectivity index (χ0n) is 14.2. The first-order valence-electron chi connectivity index (χ1n) is 9.29. The Morgan fingerprint density at radius 3 is 2.18 bits per heavy atom. The Hall–Kier alpha value is -0.970. The van der Waals surface area contributed by atoms with E-state index in [9.17, 15) is 0 Å². The fraction of sp³-hybridized carbons (Fsp3) is 0.941. The molecule has 0 spiro atoms. The van der Waals surface area contributed by atoms with E-state index in [1.54, 1.807) is 0 Å². The Morgan fingerprint density at radius 2 is 1.55 bits per heavy atom. The predicted octanol–water partition coefficient (Wildman–Crippen LogP) is 3.75. The number of aromatic nitrogens is 4. The monoisotopic (exact) mass is 305 g/mol. The van der Waals surface area contributed by atoms with E-state index in [-0.39, 0.29) is 0 Å². The maximum Gasteiger partial charge on any atom is 0.168 e. The highest BCUT2D eigenvalue weighted by atomic mass is 15.6. The first-order chi connectivity index (χ1) is 10.8. The molecule has 1 saturated carbocycles. The topological polar surface area (TPSA) is 46.8 Å². The molecule has 0 amide bonds. The van der Waals surface area contributed by atoms with E-state index in [2.05, 4.69) is 39.0 Å². The fourth-order valence-corrected chi connectivity index (χ4v) is 4.24. The van der Waals surface area contributed by atoms with Crippen molar-refractivity contribution in [3.8, 4) is 0 Å². The molecule has 0 aromatic carbocycles. The molecule has 2 fully saturated rings. The maximum atomic E-state index is 4.48. The van der Waals surface area contributed by atoms with Gasteiger partial charge in [-0.25, -0.2) is 4.68 Å². The number of hydrogen-bond acceptors (Lipinski definition) is 4. The normalized spacial score (nSPS) is 23.6. The van der Waals surface area contributed by atoms with Crippen molar-refractivity contribution in [2.75, 3.05) is 13.1 Å². The summed E-state index contributed by atoms with van der Waals surface area (Å²) in [4.78, 5) is 2.64. The second-order valence-corrected chi connectivity index (χ2v) is 7.41. The van der Waals surface area contributed by atoms with Crippen molar-refractivity contribution in [3.63, 3.8) is 0 Å². The molecule has 1 aromatic rings. The molecule has 0 bridgehead atoms. The first-order valence-corrected chi connectivity index (χ1v) is 9.29. The quantitative estimate of drug-likeness (QED) is 0.850. The van der Waals surface area contributed by atoms with Gasteiger partial charge in [-0.3, -0.25) is 4.90 Å². The molecule has 2 heterocycles. The molecule has 1 saturated heterocycles. The number of rotatable bonds is 4. The molecule has 0 N–H and O–H groups in total. The average Bonchev–Trinajstić information content (AvgIpc) is 2.84. The summed E-state index contributed by atoms with van der Waals surface area (Å²) in [5.41, 5.74) is 0. The van der Waals surface area contributed by atoms with Crippen molar-refractivity contribution in [1.82, 2.24) is 25.1 Å². The Morgan fingerprint density at radius 1 is 0.909 bits per heavy atom. The summed E-state index contributed by atoms with van der Waals surface area (Å²) in [6, 6.07) is 0.891. The van der Waals surface area contributed by atoms with Gasteiger partial charge in [0, 0.05) is 0 Å². The molecule has 5 nitrogen and oxygen atoms in total. The Balaban J connectivity index is 1.83. The number of nitrogens with zero attached hydrogens (tertiary/aromatic N) is 5. The highest BCUT2D eigenvalue weighted by Gasteiger charge is 2.31. The minimum absolute atomic E-state index is 0.370. The summed E-state index contributed by atoms with van der Waals surface area (Å²) in [5, 5.41) is 12.9.